The molecule has 2 aromatic rings. The highest BCUT2D eigenvalue weighted by Crippen LogP contribution is 2.24. The van der Waals surface area contributed by atoms with Gasteiger partial charge in [0.15, 0.2) is 0 Å². The fraction of sp³-hybridized carbons (Fsp3) is 0.375. The van der Waals surface area contributed by atoms with Gasteiger partial charge in [0.2, 0.25) is 0 Å². The number of hydrogen-bond acceptors (Lipinski definition) is 4. The number of aryl methyl sites for hydroxylation is 1. The van der Waals surface area contributed by atoms with Crippen molar-refractivity contribution in [2.24, 2.45) is 0 Å². The van der Waals surface area contributed by atoms with Crippen LogP contribution in [0.2, 0.25) is 0 Å². The van der Waals surface area contributed by atoms with E-state index in [2.05, 4.69) is 33.9 Å². The monoisotopic (exact) mass is 269 g/mol. The third-order valence-electron chi connectivity index (χ3n) is 3.78. The van der Waals surface area contributed by atoms with Crippen LogP contribution in [0.3, 0.4) is 0 Å². The van der Waals surface area contributed by atoms with Crippen molar-refractivity contribution in [2.45, 2.75) is 26.4 Å². The molecule has 20 heavy (non-hydrogen) atoms. The van der Waals surface area contributed by atoms with Gasteiger partial charge in [0.25, 0.3) is 0 Å². The Morgan fingerprint density at radius 3 is 3.10 bits per heavy atom. The van der Waals surface area contributed by atoms with Crippen molar-refractivity contribution >= 4 is 0 Å². The minimum absolute atomic E-state index is 0.884. The largest absolute Gasteiger partial charge is 0.496 e. The zero-order chi connectivity index (χ0) is 13.9. The van der Waals surface area contributed by atoms with Gasteiger partial charge in [-0.25, -0.2) is 9.97 Å². The van der Waals surface area contributed by atoms with E-state index in [1.165, 1.54) is 16.7 Å². The minimum Gasteiger partial charge on any atom is -0.496 e. The lowest BCUT2D eigenvalue weighted by molar-refractivity contribution is 0.237. The van der Waals surface area contributed by atoms with Crippen LogP contribution < -0.4 is 4.74 Å². The highest BCUT2D eigenvalue weighted by atomic mass is 16.5. The van der Waals surface area contributed by atoms with Crippen molar-refractivity contribution in [3.63, 3.8) is 0 Å². The van der Waals surface area contributed by atoms with Crippen LogP contribution in [0.25, 0.3) is 0 Å². The Kier molecular flexibility index (Phi) is 3.65. The van der Waals surface area contributed by atoms with E-state index in [9.17, 15) is 0 Å². The maximum absolute atomic E-state index is 5.46. The first-order valence-corrected chi connectivity index (χ1v) is 6.90. The number of rotatable bonds is 3. The van der Waals surface area contributed by atoms with Crippen molar-refractivity contribution < 1.29 is 4.74 Å². The van der Waals surface area contributed by atoms with Gasteiger partial charge in [0, 0.05) is 31.4 Å². The summed E-state index contributed by atoms with van der Waals surface area (Å²) in [7, 11) is 1.73. The molecule has 3 rings (SSSR count). The van der Waals surface area contributed by atoms with Crippen LogP contribution in [0.15, 0.2) is 30.7 Å². The Balaban J connectivity index is 1.78. The van der Waals surface area contributed by atoms with Gasteiger partial charge in [-0.15, -0.1) is 0 Å². The van der Waals surface area contributed by atoms with Crippen LogP contribution in [0, 0.1) is 6.92 Å². The minimum atomic E-state index is 0.884. The first kappa shape index (κ1) is 13.1. The van der Waals surface area contributed by atoms with E-state index in [1.54, 1.807) is 13.4 Å². The molecular weight excluding hydrogens is 250 g/mol. The smallest absolute Gasteiger partial charge is 0.123 e. The molecule has 1 aromatic carbocycles. The van der Waals surface area contributed by atoms with Crippen molar-refractivity contribution in [1.82, 2.24) is 14.9 Å². The summed E-state index contributed by atoms with van der Waals surface area (Å²) in [5.41, 5.74) is 4.93. The van der Waals surface area contributed by atoms with E-state index in [-0.39, 0.29) is 0 Å². The van der Waals surface area contributed by atoms with E-state index in [1.807, 2.05) is 12.3 Å². The van der Waals surface area contributed by atoms with Crippen molar-refractivity contribution in [3.8, 4) is 5.75 Å². The molecule has 1 aliphatic heterocycles. The van der Waals surface area contributed by atoms with E-state index in [0.717, 1.165) is 37.5 Å². The molecule has 0 amide bonds. The second-order valence-corrected chi connectivity index (χ2v) is 5.27. The highest BCUT2D eigenvalue weighted by Gasteiger charge is 2.18. The molecule has 0 fully saturated rings. The third-order valence-corrected chi connectivity index (χ3v) is 3.78. The second kappa shape index (κ2) is 5.59. The molecule has 4 nitrogen and oxygen atoms in total. The maximum Gasteiger partial charge on any atom is 0.123 e. The Hall–Kier alpha value is -1.94. The van der Waals surface area contributed by atoms with Crippen molar-refractivity contribution in [3.05, 3.63) is 53.1 Å². The van der Waals surface area contributed by atoms with E-state index in [0.29, 0.717) is 0 Å². The van der Waals surface area contributed by atoms with Crippen molar-refractivity contribution in [1.29, 1.82) is 0 Å². The first-order chi connectivity index (χ1) is 9.76. The maximum atomic E-state index is 5.46. The summed E-state index contributed by atoms with van der Waals surface area (Å²) in [6.45, 7) is 4.93. The lowest BCUT2D eigenvalue weighted by Crippen LogP contribution is -2.31. The summed E-state index contributed by atoms with van der Waals surface area (Å²) in [6, 6.07) is 6.33. The average molecular weight is 269 g/mol. The highest BCUT2D eigenvalue weighted by molar-refractivity contribution is 5.37. The van der Waals surface area contributed by atoms with E-state index >= 15 is 0 Å². The van der Waals surface area contributed by atoms with Gasteiger partial charge in [-0.3, -0.25) is 4.90 Å². The number of hydrogen-bond donors (Lipinski definition) is 0. The van der Waals surface area contributed by atoms with Crippen LogP contribution >= 0.6 is 0 Å². The third kappa shape index (κ3) is 2.65. The Morgan fingerprint density at radius 2 is 2.25 bits per heavy atom. The molecule has 0 radical (unpaired) electrons. The molecule has 0 saturated heterocycles. The van der Waals surface area contributed by atoms with Gasteiger partial charge in [-0.1, -0.05) is 17.7 Å². The standard InChI is InChI=1S/C16H19N3O/c1-12-3-4-16(20-2)14(7-12)9-19-6-5-13-8-17-11-18-15(13)10-19/h3-4,7-8,11H,5-6,9-10H2,1-2H3. The molecule has 104 valence electrons. The van der Waals surface area contributed by atoms with Crippen molar-refractivity contribution in [2.75, 3.05) is 13.7 Å². The van der Waals surface area contributed by atoms with Gasteiger partial charge >= 0.3 is 0 Å². The number of benzene rings is 1. The Labute approximate surface area is 119 Å². The van der Waals surface area contributed by atoms with E-state index in [4.69, 9.17) is 4.74 Å². The quantitative estimate of drug-likeness (QED) is 0.857. The van der Waals surface area contributed by atoms with Crippen LogP contribution in [0.5, 0.6) is 5.75 Å². The summed E-state index contributed by atoms with van der Waals surface area (Å²) < 4.78 is 5.46. The van der Waals surface area contributed by atoms with Gasteiger partial charge in [-0.2, -0.15) is 0 Å². The molecule has 0 unspecified atom stereocenters. The lowest BCUT2D eigenvalue weighted by atomic mass is 10.0. The van der Waals surface area contributed by atoms with Gasteiger partial charge < -0.3 is 4.74 Å². The molecule has 1 aliphatic rings. The molecule has 0 N–H and O–H groups in total. The number of ether oxygens (including phenoxy) is 1. The second-order valence-electron chi connectivity index (χ2n) is 5.27. The summed E-state index contributed by atoms with van der Waals surface area (Å²) >= 11 is 0. The van der Waals surface area contributed by atoms with Crippen LogP contribution in [0.1, 0.15) is 22.4 Å². The SMILES string of the molecule is COc1ccc(C)cc1CN1CCc2cncnc2C1. The molecule has 1 aromatic heterocycles. The van der Waals surface area contributed by atoms with Crippen LogP contribution in [0.4, 0.5) is 0 Å². The summed E-state index contributed by atoms with van der Waals surface area (Å²) in [5.74, 6) is 0.962. The van der Waals surface area contributed by atoms with Gasteiger partial charge in [0.05, 0.1) is 12.8 Å². The normalized spacial score (nSPS) is 14.9. The Morgan fingerprint density at radius 1 is 1.35 bits per heavy atom. The topological polar surface area (TPSA) is 38.2 Å². The van der Waals surface area contributed by atoms with E-state index < -0.39 is 0 Å². The van der Waals surface area contributed by atoms with Gasteiger partial charge in [0.1, 0.15) is 12.1 Å². The summed E-state index contributed by atoms with van der Waals surface area (Å²) in [6.07, 6.45) is 4.59. The fourth-order valence-corrected chi connectivity index (χ4v) is 2.71. The number of fused-ring (bicyclic) bond motifs is 1. The Bertz CT molecular complexity index is 612. The molecular formula is C16H19N3O. The average Bonchev–Trinajstić information content (AvgIpc) is 2.47. The zero-order valence-corrected chi connectivity index (χ0v) is 12.0. The first-order valence-electron chi connectivity index (χ1n) is 6.90. The van der Waals surface area contributed by atoms with Gasteiger partial charge in [-0.05, 0) is 25.0 Å². The predicted molar refractivity (Wildman–Crippen MR) is 77.6 cm³/mol. The fourth-order valence-electron chi connectivity index (χ4n) is 2.71. The number of methoxy groups -OCH3 is 1. The molecule has 4 heteroatoms. The molecule has 0 atom stereocenters. The molecule has 0 aliphatic carbocycles. The summed E-state index contributed by atoms with van der Waals surface area (Å²) in [4.78, 5) is 10.9. The molecule has 0 spiro atoms. The molecule has 2 heterocycles. The number of aromatic nitrogens is 2. The summed E-state index contributed by atoms with van der Waals surface area (Å²) in [5, 5.41) is 0. The van der Waals surface area contributed by atoms with Crippen LogP contribution in [-0.4, -0.2) is 28.5 Å². The zero-order valence-electron chi connectivity index (χ0n) is 12.0. The molecule has 0 bridgehead atoms. The number of nitrogens with zero attached hydrogens (tertiary/aromatic N) is 3. The van der Waals surface area contributed by atoms with Crippen LogP contribution in [-0.2, 0) is 19.5 Å². The lowest BCUT2D eigenvalue weighted by Gasteiger charge is -2.28. The predicted octanol–water partition coefficient (Wildman–Crippen LogP) is 2.35. The molecule has 0 saturated carbocycles.